The van der Waals surface area contributed by atoms with Crippen molar-refractivity contribution in [1.82, 2.24) is 9.34 Å². The van der Waals surface area contributed by atoms with Crippen LogP contribution in [0.5, 0.6) is 0 Å². The van der Waals surface area contributed by atoms with Gasteiger partial charge in [0.2, 0.25) is 0 Å². The minimum atomic E-state index is -4.22. The summed E-state index contributed by atoms with van der Waals surface area (Å²) in [4.78, 5) is 0. The molecule has 1 aliphatic heterocycles. The zero-order valence-electron chi connectivity index (χ0n) is 16.1. The molecule has 0 aromatic heterocycles. The maximum absolute atomic E-state index is 14.5. The molecular formula is C15H27Cl2N2O6P5. The molecule has 0 spiro atoms. The van der Waals surface area contributed by atoms with E-state index >= 15 is 0 Å². The van der Waals surface area contributed by atoms with Gasteiger partial charge in [-0.3, -0.25) is 4.57 Å². The fourth-order valence-corrected chi connectivity index (χ4v) is 9.52. The summed E-state index contributed by atoms with van der Waals surface area (Å²) in [5.74, 6) is 0. The van der Waals surface area contributed by atoms with E-state index in [2.05, 4.69) is 37.0 Å². The fourth-order valence-electron chi connectivity index (χ4n) is 3.09. The van der Waals surface area contributed by atoms with E-state index in [0.29, 0.717) is 13.0 Å². The maximum Gasteiger partial charge on any atom is 0.349 e. The van der Waals surface area contributed by atoms with Crippen LogP contribution in [0.4, 0.5) is 0 Å². The monoisotopic (exact) mass is 556 g/mol. The van der Waals surface area contributed by atoms with Gasteiger partial charge in [-0.15, -0.1) is 37.0 Å². The Kier molecular flexibility index (Phi) is 8.88. The van der Waals surface area contributed by atoms with E-state index in [4.69, 9.17) is 27.7 Å². The van der Waals surface area contributed by atoms with Crippen molar-refractivity contribution < 1.29 is 29.5 Å². The first-order chi connectivity index (χ1) is 13.5. The van der Waals surface area contributed by atoms with E-state index in [-0.39, 0.29) is 6.61 Å². The smallest absolute Gasteiger partial charge is 0.349 e. The highest BCUT2D eigenvalue weighted by Gasteiger charge is 2.65. The van der Waals surface area contributed by atoms with Crippen molar-refractivity contribution in [3.05, 3.63) is 35.9 Å². The number of hydrogen-bond donors (Lipinski definition) is 4. The second-order valence-electron chi connectivity index (χ2n) is 7.06. The van der Waals surface area contributed by atoms with Crippen molar-refractivity contribution in [2.75, 3.05) is 13.2 Å². The van der Waals surface area contributed by atoms with Crippen molar-refractivity contribution in [3.8, 4) is 0 Å². The second-order valence-corrected chi connectivity index (χ2v) is 15.1. The number of alkyl halides is 2. The number of halogens is 2. The van der Waals surface area contributed by atoms with E-state index in [1.807, 2.05) is 37.3 Å². The number of rotatable bonds is 7. The number of aliphatic hydroxyl groups is 4. The highest BCUT2D eigenvalue weighted by molar-refractivity contribution is 7.57. The van der Waals surface area contributed by atoms with Gasteiger partial charge in [0, 0.05) is 12.6 Å². The quantitative estimate of drug-likeness (QED) is 0.230. The molecule has 0 amide bonds. The standard InChI is InChI=1S/C15H27Cl2N2O6P5/c1-10(11-6-3-2-4-7-11)18-8-5-9-25-30(18,24)19(14(26,27)12(16,20)21)15(28,29)13(17,22)23/h2-4,6-7,10,20-23H,5,8-9,26-29H2,1H3. The Morgan fingerprint density at radius 1 is 1.07 bits per heavy atom. The molecule has 2 rings (SSSR count). The molecule has 1 aromatic rings. The molecule has 4 N–H and O–H groups in total. The molecule has 1 aromatic carbocycles. The third kappa shape index (κ3) is 5.25. The molecule has 6 unspecified atom stereocenters. The lowest BCUT2D eigenvalue weighted by Gasteiger charge is -2.57. The predicted octanol–water partition coefficient (Wildman–Crippen LogP) is 2.44. The third-order valence-corrected chi connectivity index (χ3v) is 12.5. The molecule has 0 saturated carbocycles. The predicted molar refractivity (Wildman–Crippen MR) is 132 cm³/mol. The van der Waals surface area contributed by atoms with Gasteiger partial charge in [-0.2, -0.15) is 4.67 Å². The van der Waals surface area contributed by atoms with Crippen molar-refractivity contribution in [1.29, 1.82) is 0 Å². The van der Waals surface area contributed by atoms with Crippen LogP contribution in [0.25, 0.3) is 0 Å². The van der Waals surface area contributed by atoms with Crippen LogP contribution in [0.15, 0.2) is 30.3 Å². The van der Waals surface area contributed by atoms with Gasteiger partial charge in [-0.25, -0.2) is 4.67 Å². The minimum absolute atomic E-state index is 0.0842. The Hall–Kier alpha value is 1.47. The number of benzene rings is 1. The molecule has 1 saturated heterocycles. The van der Waals surface area contributed by atoms with Crippen LogP contribution in [-0.2, 0) is 9.09 Å². The lowest BCUT2D eigenvalue weighted by atomic mass is 10.1. The van der Waals surface area contributed by atoms with Gasteiger partial charge in [0.1, 0.15) is 10.0 Å². The van der Waals surface area contributed by atoms with Crippen LogP contribution in [-0.4, -0.2) is 63.5 Å². The van der Waals surface area contributed by atoms with Gasteiger partial charge in [0.15, 0.2) is 0 Å². The molecule has 1 heterocycles. The van der Waals surface area contributed by atoms with Gasteiger partial charge in [-0.05, 0) is 18.9 Å². The molecule has 1 fully saturated rings. The highest BCUT2D eigenvalue weighted by atomic mass is 35.5. The van der Waals surface area contributed by atoms with Gasteiger partial charge >= 0.3 is 7.67 Å². The molecule has 172 valence electrons. The zero-order chi connectivity index (χ0) is 23.2. The van der Waals surface area contributed by atoms with E-state index in [0.717, 1.165) is 10.2 Å². The Balaban J connectivity index is 2.71. The van der Waals surface area contributed by atoms with E-state index in [1.54, 1.807) is 0 Å². The largest absolute Gasteiger partial charge is 0.351 e. The molecule has 8 nitrogen and oxygen atoms in total. The second kappa shape index (κ2) is 9.61. The first-order valence-corrected chi connectivity index (χ1v) is 13.4. The van der Waals surface area contributed by atoms with E-state index < -0.39 is 34.2 Å². The van der Waals surface area contributed by atoms with Crippen LogP contribution >= 0.6 is 67.8 Å². The Bertz CT molecular complexity index is 764. The summed E-state index contributed by atoms with van der Waals surface area (Å²) in [5, 5.41) is 30.8. The average molecular weight is 557 g/mol. The molecule has 30 heavy (non-hydrogen) atoms. The van der Waals surface area contributed by atoms with Crippen molar-refractivity contribution in [2.45, 2.75) is 39.9 Å². The molecule has 0 radical (unpaired) electrons. The highest BCUT2D eigenvalue weighted by Crippen LogP contribution is 2.71. The van der Waals surface area contributed by atoms with Crippen LogP contribution in [0, 0.1) is 0 Å². The summed E-state index contributed by atoms with van der Waals surface area (Å²) < 4.78 is 22.6. The van der Waals surface area contributed by atoms with Crippen LogP contribution in [0.2, 0.25) is 0 Å². The Morgan fingerprint density at radius 2 is 1.53 bits per heavy atom. The third-order valence-electron chi connectivity index (χ3n) is 4.82. The number of hydrogen-bond acceptors (Lipinski definition) is 6. The van der Waals surface area contributed by atoms with Gasteiger partial charge < -0.3 is 24.9 Å². The summed E-state index contributed by atoms with van der Waals surface area (Å²) in [6.07, 6.45) is 0.547. The minimum Gasteiger partial charge on any atom is -0.351 e. The van der Waals surface area contributed by atoms with Gasteiger partial charge in [-0.1, -0.05) is 53.5 Å². The topological polar surface area (TPSA) is 114 Å². The van der Waals surface area contributed by atoms with Crippen LogP contribution < -0.4 is 0 Å². The van der Waals surface area contributed by atoms with E-state index in [9.17, 15) is 25.0 Å². The molecule has 15 heteroatoms. The summed E-state index contributed by atoms with van der Waals surface area (Å²) in [5.41, 5.74) is 0.828. The Morgan fingerprint density at radius 3 is 1.97 bits per heavy atom. The molecular weight excluding hydrogens is 530 g/mol. The zero-order valence-corrected chi connectivity index (χ0v) is 23.1. The normalized spacial score (nSPS) is 23.6. The molecule has 1 aliphatic rings. The lowest BCUT2D eigenvalue weighted by Crippen LogP contribution is -2.64. The Labute approximate surface area is 195 Å². The lowest BCUT2D eigenvalue weighted by molar-refractivity contribution is -0.155. The van der Waals surface area contributed by atoms with E-state index in [1.165, 1.54) is 4.67 Å². The molecule has 0 bridgehead atoms. The van der Waals surface area contributed by atoms with Crippen LogP contribution in [0.3, 0.4) is 0 Å². The SMILES string of the molecule is CC(c1ccccc1)N1CCCOP1(=O)N(C(P)(P)C(O)(O)Cl)C(P)(P)C(O)(O)Cl. The molecule has 6 atom stereocenters. The maximum atomic E-state index is 14.5. The average Bonchev–Trinajstić information content (AvgIpc) is 2.59. The van der Waals surface area contributed by atoms with Crippen LogP contribution in [0.1, 0.15) is 24.9 Å². The molecule has 0 aliphatic carbocycles. The summed E-state index contributed by atoms with van der Waals surface area (Å²) in [6.45, 7) is 2.22. The van der Waals surface area contributed by atoms with Crippen molar-refractivity contribution >= 4 is 67.8 Å². The number of nitrogens with zero attached hydrogens (tertiary/aromatic N) is 2. The van der Waals surface area contributed by atoms with Gasteiger partial charge in [0.25, 0.3) is 10.5 Å². The first kappa shape index (κ1) is 27.7. The van der Waals surface area contributed by atoms with Gasteiger partial charge in [0.05, 0.1) is 6.61 Å². The van der Waals surface area contributed by atoms with Crippen molar-refractivity contribution in [2.24, 2.45) is 0 Å². The summed E-state index contributed by atoms with van der Waals surface area (Å²) in [7, 11) is 4.02. The summed E-state index contributed by atoms with van der Waals surface area (Å²) >= 11 is 11.6. The summed E-state index contributed by atoms with van der Waals surface area (Å²) in [6, 6.07) is 8.78. The van der Waals surface area contributed by atoms with Crippen molar-refractivity contribution in [3.63, 3.8) is 0 Å². The first-order valence-electron chi connectivity index (χ1n) is 8.78. The fraction of sp³-hybridized carbons (Fsp3) is 0.600.